The van der Waals surface area contributed by atoms with Crippen LogP contribution in [0.2, 0.25) is 0 Å². The van der Waals surface area contributed by atoms with Crippen LogP contribution in [0.3, 0.4) is 0 Å². The number of Topliss-reactive ketones (excluding diaryl/α,β-unsaturated/α-hetero) is 1. The Morgan fingerprint density at radius 3 is 2.44 bits per heavy atom. The van der Waals surface area contributed by atoms with Crippen LogP contribution in [-0.2, 0) is 19.6 Å². The summed E-state index contributed by atoms with van der Waals surface area (Å²) in [5.74, 6) is 0.105. The van der Waals surface area contributed by atoms with E-state index in [1.165, 1.54) is 0 Å². The third kappa shape index (κ3) is 4.51. The van der Waals surface area contributed by atoms with E-state index in [0.29, 0.717) is 24.2 Å². The number of carbonyl (C=O) groups excluding carboxylic acids is 2. The number of aryl methyl sites for hydroxylation is 1. The van der Waals surface area contributed by atoms with E-state index in [2.05, 4.69) is 40.0 Å². The number of hydrogen-bond acceptors (Lipinski definition) is 3. The second-order valence-electron chi connectivity index (χ2n) is 10.4. The number of pyridine rings is 1. The van der Waals surface area contributed by atoms with Crippen LogP contribution in [0.1, 0.15) is 50.0 Å². The molecule has 1 aliphatic rings. The molecule has 0 saturated heterocycles. The predicted molar refractivity (Wildman–Crippen MR) is 154 cm³/mol. The first kappa shape index (κ1) is 24.7. The number of amides is 1. The number of ketones is 1. The summed E-state index contributed by atoms with van der Waals surface area (Å²) < 4.78 is 2.40. The molecule has 0 saturated carbocycles. The molecule has 1 unspecified atom stereocenters. The lowest BCUT2D eigenvalue weighted by molar-refractivity contribution is 0.0736. The number of fused-ring (bicyclic) bond motifs is 2. The molecule has 3 aromatic carbocycles. The molecule has 1 aliphatic heterocycles. The Morgan fingerprint density at radius 1 is 0.897 bits per heavy atom. The molecule has 0 aliphatic carbocycles. The average molecular weight is 513 g/mol. The SMILES string of the molecule is CC(=O)c1ccc(-c2ccc(C(=O)[N+]3(Cc4cccnc4)Cc4cccn4Cc4ccccc43)cc2C)cc1. The first-order valence-corrected chi connectivity index (χ1v) is 13.2. The Hall–Kier alpha value is -4.61. The minimum Gasteiger partial charge on any atom is -0.342 e. The van der Waals surface area contributed by atoms with Gasteiger partial charge in [0.25, 0.3) is 0 Å². The molecule has 192 valence electrons. The molecule has 5 heteroatoms. The molecular weight excluding hydrogens is 482 g/mol. The molecule has 1 atom stereocenters. The highest BCUT2D eigenvalue weighted by molar-refractivity contribution is 6.03. The molecule has 6 rings (SSSR count). The van der Waals surface area contributed by atoms with Gasteiger partial charge in [-0.05, 0) is 60.9 Å². The summed E-state index contributed by atoms with van der Waals surface area (Å²) in [5, 5.41) is 0. The molecule has 0 radical (unpaired) electrons. The molecule has 1 amide bonds. The zero-order chi connectivity index (χ0) is 27.0. The van der Waals surface area contributed by atoms with E-state index in [-0.39, 0.29) is 16.2 Å². The lowest BCUT2D eigenvalue weighted by Gasteiger charge is -2.35. The van der Waals surface area contributed by atoms with Gasteiger partial charge < -0.3 is 4.57 Å². The van der Waals surface area contributed by atoms with E-state index in [1.54, 1.807) is 13.1 Å². The molecule has 39 heavy (non-hydrogen) atoms. The monoisotopic (exact) mass is 512 g/mol. The molecule has 3 heterocycles. The third-order valence-electron chi connectivity index (χ3n) is 7.79. The third-order valence-corrected chi connectivity index (χ3v) is 7.79. The fourth-order valence-corrected chi connectivity index (χ4v) is 5.80. The van der Waals surface area contributed by atoms with Crippen LogP contribution < -0.4 is 4.48 Å². The van der Waals surface area contributed by atoms with Gasteiger partial charge in [0.2, 0.25) is 0 Å². The van der Waals surface area contributed by atoms with E-state index in [4.69, 9.17) is 0 Å². The van der Waals surface area contributed by atoms with Gasteiger partial charge in [-0.25, -0.2) is 9.28 Å². The Morgan fingerprint density at radius 2 is 1.69 bits per heavy atom. The number of nitrogens with zero attached hydrogens (tertiary/aromatic N) is 3. The van der Waals surface area contributed by atoms with Gasteiger partial charge in [-0.15, -0.1) is 0 Å². The lowest BCUT2D eigenvalue weighted by atomic mass is 9.96. The maximum absolute atomic E-state index is 14.8. The van der Waals surface area contributed by atoms with E-state index in [9.17, 15) is 9.59 Å². The second kappa shape index (κ2) is 9.93. The van der Waals surface area contributed by atoms with Crippen LogP contribution in [0.5, 0.6) is 0 Å². The van der Waals surface area contributed by atoms with Gasteiger partial charge in [-0.3, -0.25) is 9.78 Å². The smallest absolute Gasteiger partial charge is 0.342 e. The minimum atomic E-state index is 0.0470. The van der Waals surface area contributed by atoms with Gasteiger partial charge in [0.1, 0.15) is 18.8 Å². The minimum absolute atomic E-state index is 0.0470. The van der Waals surface area contributed by atoms with Crippen molar-refractivity contribution in [1.82, 2.24) is 14.0 Å². The summed E-state index contributed by atoms with van der Waals surface area (Å²) in [6, 6.07) is 30.1. The van der Waals surface area contributed by atoms with Gasteiger partial charge in [-0.1, -0.05) is 54.6 Å². The van der Waals surface area contributed by atoms with E-state index >= 15 is 0 Å². The van der Waals surface area contributed by atoms with E-state index in [1.807, 2.05) is 79.9 Å². The van der Waals surface area contributed by atoms with Gasteiger partial charge in [0.05, 0.1) is 17.8 Å². The second-order valence-corrected chi connectivity index (χ2v) is 10.4. The summed E-state index contributed by atoms with van der Waals surface area (Å²) in [4.78, 5) is 30.9. The van der Waals surface area contributed by atoms with Crippen LogP contribution in [0.25, 0.3) is 11.1 Å². The van der Waals surface area contributed by atoms with Crippen LogP contribution in [0.4, 0.5) is 5.69 Å². The van der Waals surface area contributed by atoms with Gasteiger partial charge in [-0.2, -0.15) is 0 Å². The van der Waals surface area contributed by atoms with Crippen molar-refractivity contribution in [2.75, 3.05) is 0 Å². The zero-order valence-corrected chi connectivity index (χ0v) is 22.2. The Bertz CT molecular complexity index is 1690. The zero-order valence-electron chi connectivity index (χ0n) is 22.2. The van der Waals surface area contributed by atoms with Crippen molar-refractivity contribution in [2.24, 2.45) is 0 Å². The number of aromatic nitrogens is 2. The molecule has 5 aromatic rings. The summed E-state index contributed by atoms with van der Waals surface area (Å²) in [6.07, 6.45) is 5.72. The maximum Gasteiger partial charge on any atom is 0.351 e. The average Bonchev–Trinajstić information content (AvgIpc) is 3.33. The van der Waals surface area contributed by atoms with Gasteiger partial charge in [0, 0.05) is 41.3 Å². The van der Waals surface area contributed by atoms with Crippen molar-refractivity contribution in [3.05, 3.63) is 143 Å². The van der Waals surface area contributed by atoms with Gasteiger partial charge >= 0.3 is 5.91 Å². The predicted octanol–water partition coefficient (Wildman–Crippen LogP) is 6.97. The number of para-hydroxylation sites is 1. The fraction of sp³-hybridized carbons (Fsp3) is 0.147. The van der Waals surface area contributed by atoms with Crippen LogP contribution in [0, 0.1) is 6.92 Å². The topological polar surface area (TPSA) is 52.0 Å². The Balaban J connectivity index is 1.47. The highest BCUT2D eigenvalue weighted by Crippen LogP contribution is 2.38. The molecule has 2 aromatic heterocycles. The molecule has 0 fully saturated rings. The van der Waals surface area contributed by atoms with E-state index in [0.717, 1.165) is 45.7 Å². The number of hydrogen-bond donors (Lipinski definition) is 0. The normalized spacial score (nSPS) is 16.2. The summed E-state index contributed by atoms with van der Waals surface area (Å²) in [7, 11) is 0. The van der Waals surface area contributed by atoms with Crippen molar-refractivity contribution in [3.8, 4) is 11.1 Å². The van der Waals surface area contributed by atoms with Crippen molar-refractivity contribution in [2.45, 2.75) is 33.5 Å². The number of benzene rings is 3. The van der Waals surface area contributed by atoms with Crippen molar-refractivity contribution >= 4 is 17.4 Å². The quantitative estimate of drug-likeness (QED) is 0.189. The number of quaternary nitrogens is 1. The summed E-state index contributed by atoms with van der Waals surface area (Å²) in [6.45, 7) is 5.39. The largest absolute Gasteiger partial charge is 0.351 e. The van der Waals surface area contributed by atoms with E-state index < -0.39 is 0 Å². The Labute approximate surface area is 228 Å². The highest BCUT2D eigenvalue weighted by Gasteiger charge is 2.44. The molecular formula is C34H30N3O2+. The lowest BCUT2D eigenvalue weighted by Crippen LogP contribution is -2.53. The van der Waals surface area contributed by atoms with Crippen molar-refractivity contribution in [1.29, 1.82) is 0 Å². The van der Waals surface area contributed by atoms with Crippen molar-refractivity contribution in [3.63, 3.8) is 0 Å². The molecule has 0 spiro atoms. The summed E-state index contributed by atoms with van der Waals surface area (Å²) in [5.41, 5.74) is 8.76. The fourth-order valence-electron chi connectivity index (χ4n) is 5.80. The molecule has 5 nitrogen and oxygen atoms in total. The highest BCUT2D eigenvalue weighted by atomic mass is 16.2. The summed E-state index contributed by atoms with van der Waals surface area (Å²) >= 11 is 0. The van der Waals surface area contributed by atoms with Crippen LogP contribution >= 0.6 is 0 Å². The first-order chi connectivity index (χ1) is 18.9. The van der Waals surface area contributed by atoms with Gasteiger partial charge in [0.15, 0.2) is 5.78 Å². The first-order valence-electron chi connectivity index (χ1n) is 13.2. The number of carbonyl (C=O) groups is 2. The maximum atomic E-state index is 14.8. The van der Waals surface area contributed by atoms with Crippen molar-refractivity contribution < 1.29 is 9.59 Å². The molecule has 0 N–H and O–H groups in total. The standard InChI is InChI=1S/C34H30N3O2/c1-24-19-29(15-16-32(24)28-13-11-27(12-14-28)25(2)38)34(39)37(22-26-7-5-17-35-20-26)23-31-9-6-18-36(31)21-30-8-3-4-10-33(30)37/h3-20H,21-23H2,1-2H3/q+1. The number of rotatable bonds is 5. The Kier molecular flexibility index (Phi) is 6.29. The van der Waals surface area contributed by atoms with Crippen LogP contribution in [0.15, 0.2) is 110 Å². The van der Waals surface area contributed by atoms with Crippen LogP contribution in [-0.4, -0.2) is 21.2 Å². The molecule has 0 bridgehead atoms.